The Labute approximate surface area is 176 Å². The van der Waals surface area contributed by atoms with Gasteiger partial charge in [-0.2, -0.15) is 0 Å². The highest BCUT2D eigenvalue weighted by atomic mass is 32.2. The summed E-state index contributed by atoms with van der Waals surface area (Å²) >= 11 is 1.40. The molecule has 0 bridgehead atoms. The van der Waals surface area contributed by atoms with Crippen LogP contribution in [0.25, 0.3) is 0 Å². The lowest BCUT2D eigenvalue weighted by Gasteiger charge is -2.44. The number of fused-ring (bicyclic) bond motifs is 1. The van der Waals surface area contributed by atoms with E-state index >= 15 is 0 Å². The molecule has 0 radical (unpaired) electrons. The van der Waals surface area contributed by atoms with Gasteiger partial charge < -0.3 is 14.8 Å². The number of nitrogens with zero attached hydrogens (tertiary/aromatic N) is 3. The van der Waals surface area contributed by atoms with E-state index in [0.29, 0.717) is 29.0 Å². The van der Waals surface area contributed by atoms with Crippen LogP contribution in [-0.4, -0.2) is 44.6 Å². The van der Waals surface area contributed by atoms with Crippen LogP contribution >= 0.6 is 11.8 Å². The fraction of sp³-hybridized carbons (Fsp3) is 0.500. The number of carbonyl (C=O) groups excluding carboxylic acids is 2. The minimum Gasteiger partial charge on any atom is -0.335 e. The highest BCUT2D eigenvalue weighted by Crippen LogP contribution is 2.36. The van der Waals surface area contributed by atoms with Crippen LogP contribution in [0.5, 0.6) is 0 Å². The van der Waals surface area contributed by atoms with Gasteiger partial charge in [-0.1, -0.05) is 24.6 Å². The number of amides is 2. The number of carbonyl (C=O) groups is 2. The van der Waals surface area contributed by atoms with Crippen LogP contribution in [0, 0.1) is 5.92 Å². The van der Waals surface area contributed by atoms with Crippen molar-refractivity contribution in [3.8, 4) is 0 Å². The van der Waals surface area contributed by atoms with Crippen molar-refractivity contribution in [2.45, 2.75) is 49.7 Å². The first-order chi connectivity index (χ1) is 14.1. The average Bonchev–Trinajstić information content (AvgIpc) is 3.16. The van der Waals surface area contributed by atoms with Crippen molar-refractivity contribution in [1.29, 1.82) is 0 Å². The molecule has 1 saturated heterocycles. The summed E-state index contributed by atoms with van der Waals surface area (Å²) in [7, 11) is 1.90. The Morgan fingerprint density at radius 2 is 1.90 bits per heavy atom. The summed E-state index contributed by atoms with van der Waals surface area (Å²) in [4.78, 5) is 31.6. The van der Waals surface area contributed by atoms with Crippen molar-refractivity contribution >= 4 is 29.3 Å². The van der Waals surface area contributed by atoms with E-state index in [1.807, 2.05) is 42.1 Å². The first-order valence-corrected chi connectivity index (χ1v) is 11.4. The number of hydrogen-bond acceptors (Lipinski definition) is 4. The Bertz CT molecular complexity index is 862. The minimum absolute atomic E-state index is 0.0850. The summed E-state index contributed by atoms with van der Waals surface area (Å²) in [6.45, 7) is 0.864. The number of rotatable bonds is 5. The van der Waals surface area contributed by atoms with Crippen LogP contribution in [0.4, 0.5) is 5.69 Å². The molecule has 7 heteroatoms. The second kappa shape index (κ2) is 9.03. The summed E-state index contributed by atoms with van der Waals surface area (Å²) in [5.74, 6) is 1.02. The lowest BCUT2D eigenvalue weighted by atomic mass is 9.78. The molecular weight excluding hydrogens is 384 g/mol. The van der Waals surface area contributed by atoms with Gasteiger partial charge >= 0.3 is 0 Å². The minimum atomic E-state index is -0.0850. The van der Waals surface area contributed by atoms with Crippen molar-refractivity contribution in [1.82, 2.24) is 14.5 Å². The molecule has 0 unspecified atom stereocenters. The molecule has 2 aliphatic rings. The third-order valence-corrected chi connectivity index (χ3v) is 7.09. The SMILES string of the molecule is Cn1ccnc1SCC(=O)Nc1ccc(C(=O)N2CCC[C@H]3CCCC[C@@H]32)cc1. The Hall–Kier alpha value is -2.28. The van der Waals surface area contributed by atoms with Gasteiger partial charge in [-0.25, -0.2) is 4.98 Å². The summed E-state index contributed by atoms with van der Waals surface area (Å²) in [6, 6.07) is 7.71. The maximum Gasteiger partial charge on any atom is 0.254 e. The van der Waals surface area contributed by atoms with E-state index in [1.54, 1.807) is 6.20 Å². The number of imidazole rings is 1. The van der Waals surface area contributed by atoms with Gasteiger partial charge in [-0.15, -0.1) is 0 Å². The molecule has 1 aliphatic heterocycles. The fourth-order valence-electron chi connectivity index (χ4n) is 4.56. The number of nitrogens with one attached hydrogen (secondary N) is 1. The summed E-state index contributed by atoms with van der Waals surface area (Å²) in [5, 5.41) is 3.70. The van der Waals surface area contributed by atoms with E-state index in [0.717, 1.165) is 24.5 Å². The molecule has 6 nitrogen and oxygen atoms in total. The van der Waals surface area contributed by atoms with Crippen molar-refractivity contribution in [2.24, 2.45) is 13.0 Å². The normalized spacial score (nSPS) is 21.5. The molecule has 1 aliphatic carbocycles. The third-order valence-electron chi connectivity index (χ3n) is 6.03. The van der Waals surface area contributed by atoms with E-state index in [1.165, 1.54) is 37.4 Å². The molecule has 1 N–H and O–H groups in total. The first kappa shape index (κ1) is 20.0. The van der Waals surface area contributed by atoms with Crippen LogP contribution < -0.4 is 5.32 Å². The number of hydrogen-bond donors (Lipinski definition) is 1. The van der Waals surface area contributed by atoms with Crippen molar-refractivity contribution in [3.05, 3.63) is 42.2 Å². The predicted octanol–water partition coefficient (Wildman–Crippen LogP) is 3.95. The molecule has 4 rings (SSSR count). The number of aryl methyl sites for hydroxylation is 1. The topological polar surface area (TPSA) is 67.2 Å². The Balaban J connectivity index is 1.34. The maximum absolute atomic E-state index is 13.1. The molecular formula is C22H28N4O2S. The van der Waals surface area contributed by atoms with Crippen molar-refractivity contribution < 1.29 is 9.59 Å². The number of benzene rings is 1. The van der Waals surface area contributed by atoms with E-state index in [-0.39, 0.29) is 11.8 Å². The van der Waals surface area contributed by atoms with E-state index < -0.39 is 0 Å². The number of anilines is 1. The van der Waals surface area contributed by atoms with E-state index in [4.69, 9.17) is 0 Å². The standard InChI is InChI=1S/C22H28N4O2S/c1-25-14-12-23-22(25)29-15-20(27)24-18-10-8-17(9-11-18)21(28)26-13-4-6-16-5-2-3-7-19(16)26/h8-12,14,16,19H,2-7,13,15H2,1H3,(H,24,27)/t16-,19+/m1/s1. The third kappa shape index (κ3) is 4.66. The second-order valence-corrected chi connectivity index (χ2v) is 8.93. The Morgan fingerprint density at radius 3 is 2.66 bits per heavy atom. The van der Waals surface area contributed by atoms with Crippen LogP contribution in [-0.2, 0) is 11.8 Å². The molecule has 1 aromatic heterocycles. The van der Waals surface area contributed by atoms with Gasteiger partial charge in [0.15, 0.2) is 5.16 Å². The second-order valence-electron chi connectivity index (χ2n) is 7.99. The number of likely N-dealkylation sites (tertiary alicyclic amines) is 1. The number of piperidine rings is 1. The van der Waals surface area contributed by atoms with Crippen LogP contribution in [0.1, 0.15) is 48.9 Å². The molecule has 2 heterocycles. The molecule has 29 heavy (non-hydrogen) atoms. The fourth-order valence-corrected chi connectivity index (χ4v) is 5.29. The van der Waals surface area contributed by atoms with Crippen LogP contribution in [0.2, 0.25) is 0 Å². The lowest BCUT2D eigenvalue weighted by Crippen LogP contribution is -2.49. The van der Waals surface area contributed by atoms with Crippen molar-refractivity contribution in [3.63, 3.8) is 0 Å². The Kier molecular flexibility index (Phi) is 6.23. The monoisotopic (exact) mass is 412 g/mol. The average molecular weight is 413 g/mol. The molecule has 1 saturated carbocycles. The molecule has 2 amide bonds. The van der Waals surface area contributed by atoms with Gasteiger partial charge in [0.2, 0.25) is 5.91 Å². The molecule has 2 aromatic rings. The van der Waals surface area contributed by atoms with Gasteiger partial charge in [0.25, 0.3) is 5.91 Å². The number of aromatic nitrogens is 2. The lowest BCUT2D eigenvalue weighted by molar-refractivity contribution is -0.113. The molecule has 0 spiro atoms. The quantitative estimate of drug-likeness (QED) is 0.755. The number of thioether (sulfide) groups is 1. The zero-order chi connectivity index (χ0) is 20.2. The largest absolute Gasteiger partial charge is 0.335 e. The van der Waals surface area contributed by atoms with Gasteiger partial charge in [0.1, 0.15) is 0 Å². The first-order valence-electron chi connectivity index (χ1n) is 10.4. The zero-order valence-electron chi connectivity index (χ0n) is 16.8. The summed E-state index contributed by atoms with van der Waals surface area (Å²) in [6.07, 6.45) is 10.9. The summed E-state index contributed by atoms with van der Waals surface area (Å²) < 4.78 is 1.88. The zero-order valence-corrected chi connectivity index (χ0v) is 17.7. The summed E-state index contributed by atoms with van der Waals surface area (Å²) in [5.41, 5.74) is 1.41. The molecule has 154 valence electrons. The highest BCUT2D eigenvalue weighted by Gasteiger charge is 2.35. The van der Waals surface area contributed by atoms with Gasteiger partial charge in [0, 0.05) is 43.3 Å². The highest BCUT2D eigenvalue weighted by molar-refractivity contribution is 7.99. The van der Waals surface area contributed by atoms with Crippen molar-refractivity contribution in [2.75, 3.05) is 17.6 Å². The molecule has 2 atom stereocenters. The van der Waals surface area contributed by atoms with Crippen LogP contribution in [0.15, 0.2) is 41.8 Å². The predicted molar refractivity (Wildman–Crippen MR) is 115 cm³/mol. The molecule has 1 aromatic carbocycles. The van der Waals surface area contributed by atoms with Gasteiger partial charge in [-0.05, 0) is 55.9 Å². The van der Waals surface area contributed by atoms with Gasteiger partial charge in [-0.3, -0.25) is 9.59 Å². The van der Waals surface area contributed by atoms with Gasteiger partial charge in [0.05, 0.1) is 5.75 Å². The smallest absolute Gasteiger partial charge is 0.254 e. The van der Waals surface area contributed by atoms with Crippen LogP contribution in [0.3, 0.4) is 0 Å². The Morgan fingerprint density at radius 1 is 1.14 bits per heavy atom. The molecule has 2 fully saturated rings. The van der Waals surface area contributed by atoms with E-state index in [9.17, 15) is 9.59 Å². The van der Waals surface area contributed by atoms with E-state index in [2.05, 4.69) is 15.2 Å². The maximum atomic E-state index is 13.1.